The molecule has 2 amide bonds. The molecule has 0 spiro atoms. The molecule has 0 fully saturated rings. The normalized spacial score (nSPS) is 10.2. The van der Waals surface area contributed by atoms with Gasteiger partial charge in [-0.05, 0) is 18.2 Å². The van der Waals surface area contributed by atoms with Gasteiger partial charge in [-0.25, -0.2) is 4.39 Å². The smallest absolute Gasteiger partial charge is 0.229 e. The molecule has 0 aliphatic carbocycles. The maximum absolute atomic E-state index is 13.4. The van der Waals surface area contributed by atoms with Gasteiger partial charge in [-0.3, -0.25) is 9.59 Å². The van der Waals surface area contributed by atoms with Crippen LogP contribution in [0, 0.1) is 5.82 Å². The van der Waals surface area contributed by atoms with E-state index in [0.717, 1.165) is 0 Å². The van der Waals surface area contributed by atoms with Crippen molar-refractivity contribution < 1.29 is 18.4 Å². The highest BCUT2D eigenvalue weighted by atomic mass is 19.1. The van der Waals surface area contributed by atoms with Gasteiger partial charge in [0.1, 0.15) is 11.6 Å². The van der Waals surface area contributed by atoms with Crippen LogP contribution in [0.5, 0.6) is 0 Å². The van der Waals surface area contributed by atoms with Gasteiger partial charge >= 0.3 is 0 Å². The molecule has 0 radical (unpaired) electrons. The van der Waals surface area contributed by atoms with Gasteiger partial charge in [0.2, 0.25) is 11.8 Å². The largest absolute Gasteiger partial charge is 0.469 e. The molecule has 3 N–H and O–H groups in total. The Labute approximate surface area is 114 Å². The van der Waals surface area contributed by atoms with Gasteiger partial charge in [-0.1, -0.05) is 12.1 Å². The minimum absolute atomic E-state index is 0.0204. The molecule has 0 saturated carbocycles. The minimum atomic E-state index is -0.546. The fourth-order valence-corrected chi connectivity index (χ4v) is 1.77. The zero-order valence-electron chi connectivity index (χ0n) is 10.6. The third-order valence-corrected chi connectivity index (χ3v) is 2.67. The van der Waals surface area contributed by atoms with E-state index in [1.807, 2.05) is 0 Å². The summed E-state index contributed by atoms with van der Waals surface area (Å²) in [5.74, 6) is -1.11. The van der Waals surface area contributed by atoms with Crippen LogP contribution < -0.4 is 11.1 Å². The Kier molecular flexibility index (Phi) is 4.14. The first kappa shape index (κ1) is 13.8. The number of carbonyl (C=O) groups excluding carboxylic acids is 2. The number of hydrogen-bond acceptors (Lipinski definition) is 3. The molecule has 1 heterocycles. The zero-order chi connectivity index (χ0) is 14.5. The fraction of sp³-hybridized carbons (Fsp3) is 0.143. The van der Waals surface area contributed by atoms with Gasteiger partial charge in [0, 0.05) is 5.56 Å². The maximum atomic E-state index is 13.4. The number of para-hydroxylation sites is 1. The van der Waals surface area contributed by atoms with Crippen LogP contribution in [0.3, 0.4) is 0 Å². The van der Waals surface area contributed by atoms with E-state index < -0.39 is 17.6 Å². The Morgan fingerprint density at radius 2 is 1.95 bits per heavy atom. The second-order valence-corrected chi connectivity index (χ2v) is 4.22. The number of anilines is 1. The van der Waals surface area contributed by atoms with Gasteiger partial charge in [-0.2, -0.15) is 0 Å². The summed E-state index contributed by atoms with van der Waals surface area (Å²) in [4.78, 5) is 22.7. The Morgan fingerprint density at radius 1 is 1.20 bits per heavy atom. The van der Waals surface area contributed by atoms with Crippen molar-refractivity contribution in [2.24, 2.45) is 5.73 Å². The number of carbonyl (C=O) groups is 2. The molecule has 0 aliphatic rings. The molecule has 104 valence electrons. The van der Waals surface area contributed by atoms with E-state index >= 15 is 0 Å². The lowest BCUT2D eigenvalue weighted by atomic mass is 10.1. The predicted molar refractivity (Wildman–Crippen MR) is 70.3 cm³/mol. The molecular weight excluding hydrogens is 263 g/mol. The molecule has 20 heavy (non-hydrogen) atoms. The highest BCUT2D eigenvalue weighted by molar-refractivity contribution is 5.92. The van der Waals surface area contributed by atoms with Crippen molar-refractivity contribution in [3.63, 3.8) is 0 Å². The van der Waals surface area contributed by atoms with Crippen molar-refractivity contribution >= 4 is 17.5 Å². The number of halogens is 1. The monoisotopic (exact) mass is 276 g/mol. The zero-order valence-corrected chi connectivity index (χ0v) is 10.6. The molecule has 0 saturated heterocycles. The van der Waals surface area contributed by atoms with E-state index in [-0.39, 0.29) is 18.5 Å². The molecule has 1 aromatic carbocycles. The van der Waals surface area contributed by atoms with E-state index in [0.29, 0.717) is 11.3 Å². The summed E-state index contributed by atoms with van der Waals surface area (Å²) in [5.41, 5.74) is 5.74. The van der Waals surface area contributed by atoms with E-state index in [9.17, 15) is 14.0 Å². The van der Waals surface area contributed by atoms with Crippen molar-refractivity contribution in [1.82, 2.24) is 0 Å². The van der Waals surface area contributed by atoms with Crippen LogP contribution in [-0.4, -0.2) is 11.8 Å². The number of amides is 2. The highest BCUT2D eigenvalue weighted by Crippen LogP contribution is 2.15. The van der Waals surface area contributed by atoms with E-state index in [1.165, 1.54) is 24.5 Å². The number of nitrogens with two attached hydrogens (primary N) is 1. The molecule has 0 atom stereocenters. The van der Waals surface area contributed by atoms with Crippen molar-refractivity contribution in [1.29, 1.82) is 0 Å². The van der Waals surface area contributed by atoms with Crippen LogP contribution in [0.2, 0.25) is 0 Å². The molecule has 2 aromatic rings. The Balaban J connectivity index is 2.04. The molecule has 6 heteroatoms. The summed E-state index contributed by atoms with van der Waals surface area (Å²) in [6.45, 7) is 0. The van der Waals surface area contributed by atoms with Crippen LogP contribution in [0.15, 0.2) is 41.0 Å². The van der Waals surface area contributed by atoms with Crippen LogP contribution in [-0.2, 0) is 22.4 Å². The van der Waals surface area contributed by atoms with Crippen molar-refractivity contribution in [2.45, 2.75) is 12.8 Å². The van der Waals surface area contributed by atoms with Gasteiger partial charge in [-0.15, -0.1) is 0 Å². The summed E-state index contributed by atoms with van der Waals surface area (Å²) < 4.78 is 18.5. The van der Waals surface area contributed by atoms with Crippen LogP contribution >= 0.6 is 0 Å². The Hall–Kier alpha value is -2.63. The summed E-state index contributed by atoms with van der Waals surface area (Å²) in [6.07, 6.45) is 1.28. The van der Waals surface area contributed by atoms with Gasteiger partial charge in [0.15, 0.2) is 0 Å². The fourth-order valence-electron chi connectivity index (χ4n) is 1.77. The lowest BCUT2D eigenvalue weighted by molar-refractivity contribution is -0.118. The maximum Gasteiger partial charge on any atom is 0.229 e. The summed E-state index contributed by atoms with van der Waals surface area (Å²) >= 11 is 0. The molecule has 0 bridgehead atoms. The number of nitrogens with one attached hydrogen (secondary N) is 1. The predicted octanol–water partition coefficient (Wildman–Crippen LogP) is 1.63. The first-order chi connectivity index (χ1) is 9.56. The summed E-state index contributed by atoms with van der Waals surface area (Å²) in [5, 5.41) is 2.46. The first-order valence-electron chi connectivity index (χ1n) is 5.94. The van der Waals surface area contributed by atoms with Crippen LogP contribution in [0.1, 0.15) is 11.3 Å². The van der Waals surface area contributed by atoms with Crippen molar-refractivity contribution in [3.8, 4) is 0 Å². The molecule has 5 nitrogen and oxygen atoms in total. The number of primary amides is 1. The molecule has 0 unspecified atom stereocenters. The molecule has 2 rings (SSSR count). The van der Waals surface area contributed by atoms with E-state index in [1.54, 1.807) is 12.1 Å². The Morgan fingerprint density at radius 3 is 2.65 bits per heavy atom. The van der Waals surface area contributed by atoms with E-state index in [2.05, 4.69) is 5.32 Å². The molecule has 1 aromatic heterocycles. The van der Waals surface area contributed by atoms with Crippen LogP contribution in [0.25, 0.3) is 0 Å². The highest BCUT2D eigenvalue weighted by Gasteiger charge is 2.14. The number of benzene rings is 1. The second-order valence-electron chi connectivity index (χ2n) is 4.22. The standard InChI is InChI=1S/C14H13FN2O3/c15-10-3-1-2-4-11(10)17-14(19)7-9-5-6-20-12(9)8-13(16)18/h1-6H,7-8H2,(H2,16,18)(H,17,19). The SMILES string of the molecule is NC(=O)Cc1occc1CC(=O)Nc1ccccc1F. The summed E-state index contributed by atoms with van der Waals surface area (Å²) in [6, 6.07) is 7.46. The average molecular weight is 276 g/mol. The van der Waals surface area contributed by atoms with Gasteiger partial charge in [0.05, 0.1) is 24.8 Å². The van der Waals surface area contributed by atoms with Gasteiger partial charge in [0.25, 0.3) is 0 Å². The van der Waals surface area contributed by atoms with Gasteiger partial charge < -0.3 is 15.5 Å². The lowest BCUT2D eigenvalue weighted by Crippen LogP contribution is -2.18. The minimum Gasteiger partial charge on any atom is -0.469 e. The number of hydrogen-bond donors (Lipinski definition) is 2. The molecule has 0 aliphatic heterocycles. The number of rotatable bonds is 5. The van der Waals surface area contributed by atoms with Crippen molar-refractivity contribution in [3.05, 3.63) is 53.7 Å². The average Bonchev–Trinajstić information content (AvgIpc) is 2.78. The first-order valence-corrected chi connectivity index (χ1v) is 5.94. The Bertz CT molecular complexity index is 637. The quantitative estimate of drug-likeness (QED) is 0.870. The lowest BCUT2D eigenvalue weighted by Gasteiger charge is -2.06. The third kappa shape index (κ3) is 3.44. The van der Waals surface area contributed by atoms with Crippen molar-refractivity contribution in [2.75, 3.05) is 5.32 Å². The van der Waals surface area contributed by atoms with E-state index in [4.69, 9.17) is 10.2 Å². The van der Waals surface area contributed by atoms with Crippen LogP contribution in [0.4, 0.5) is 10.1 Å². The molecular formula is C14H13FN2O3. The number of furan rings is 1. The summed E-state index contributed by atoms with van der Waals surface area (Å²) in [7, 11) is 0. The third-order valence-electron chi connectivity index (χ3n) is 2.67. The second kappa shape index (κ2) is 6.01. The topological polar surface area (TPSA) is 85.3 Å².